The highest BCUT2D eigenvalue weighted by Crippen LogP contribution is 2.38. The number of aromatic nitrogens is 3. The first-order valence-corrected chi connectivity index (χ1v) is 11.4. The minimum atomic E-state index is -4.74. The van der Waals surface area contributed by atoms with Gasteiger partial charge in [0.15, 0.2) is 17.5 Å². The molecule has 0 aliphatic carbocycles. The van der Waals surface area contributed by atoms with E-state index in [0.717, 1.165) is 12.1 Å². The molecule has 6 nitrogen and oxygen atoms in total. The van der Waals surface area contributed by atoms with Crippen molar-refractivity contribution < 1.29 is 31.4 Å². The highest BCUT2D eigenvalue weighted by molar-refractivity contribution is 6.33. The second-order valence-corrected chi connectivity index (χ2v) is 8.89. The number of nitrogens with zero attached hydrogens (tertiary/aromatic N) is 5. The monoisotopic (exact) mass is 541 g/mol. The first-order chi connectivity index (χ1) is 17.6. The molecule has 1 fully saturated rings. The van der Waals surface area contributed by atoms with Gasteiger partial charge in [0.25, 0.3) is 0 Å². The number of alkyl halides is 3. The summed E-state index contributed by atoms with van der Waals surface area (Å²) in [4.78, 5) is 10.3. The van der Waals surface area contributed by atoms with Gasteiger partial charge in [0.05, 0.1) is 41.3 Å². The Labute approximate surface area is 211 Å². The number of rotatable bonds is 4. The Kier molecular flexibility index (Phi) is 6.40. The summed E-state index contributed by atoms with van der Waals surface area (Å²) < 4.78 is 83.9. The van der Waals surface area contributed by atoms with Gasteiger partial charge in [-0.05, 0) is 41.5 Å². The van der Waals surface area contributed by atoms with Crippen LogP contribution >= 0.6 is 11.6 Å². The van der Waals surface area contributed by atoms with Crippen LogP contribution in [0.5, 0.6) is 0 Å². The van der Waals surface area contributed by atoms with E-state index in [2.05, 4.69) is 9.97 Å². The second kappa shape index (κ2) is 9.42. The molecule has 4 aromatic rings. The predicted octanol–water partition coefficient (Wildman–Crippen LogP) is 5.14. The van der Waals surface area contributed by atoms with Crippen molar-refractivity contribution in [2.24, 2.45) is 0 Å². The topological polar surface area (TPSA) is 57.4 Å². The van der Waals surface area contributed by atoms with E-state index in [0.29, 0.717) is 54.7 Å². The first-order valence-electron chi connectivity index (χ1n) is 11.1. The van der Waals surface area contributed by atoms with Crippen LogP contribution in [0.25, 0.3) is 22.2 Å². The van der Waals surface area contributed by atoms with Crippen molar-refractivity contribution in [2.45, 2.75) is 12.8 Å². The number of hydrogen-bond donors (Lipinski definition) is 1. The minimum absolute atomic E-state index is 0.0401. The molecule has 194 valence electrons. The van der Waals surface area contributed by atoms with E-state index in [9.17, 15) is 31.4 Å². The van der Waals surface area contributed by atoms with Crippen molar-refractivity contribution >= 4 is 28.5 Å². The summed E-state index contributed by atoms with van der Waals surface area (Å²) >= 11 is 6.31. The molecule has 5 rings (SSSR count). The molecule has 1 aliphatic rings. The van der Waals surface area contributed by atoms with E-state index in [4.69, 9.17) is 11.6 Å². The lowest BCUT2D eigenvalue weighted by Crippen LogP contribution is -2.51. The van der Waals surface area contributed by atoms with E-state index < -0.39 is 29.2 Å². The molecule has 0 amide bonds. The van der Waals surface area contributed by atoms with Gasteiger partial charge >= 0.3 is 6.18 Å². The fraction of sp³-hybridized carbons (Fsp3) is 0.250. The number of anilines is 1. The van der Waals surface area contributed by atoms with E-state index in [1.165, 1.54) is 17.2 Å². The van der Waals surface area contributed by atoms with Gasteiger partial charge in [-0.2, -0.15) is 13.2 Å². The van der Waals surface area contributed by atoms with Gasteiger partial charge in [-0.1, -0.05) is 11.6 Å². The molecule has 37 heavy (non-hydrogen) atoms. The summed E-state index contributed by atoms with van der Waals surface area (Å²) in [5.74, 6) is -4.22. The van der Waals surface area contributed by atoms with Gasteiger partial charge in [-0.25, -0.2) is 27.8 Å². The van der Waals surface area contributed by atoms with Crippen molar-refractivity contribution in [1.29, 1.82) is 0 Å². The first kappa shape index (κ1) is 25.2. The molecule has 13 heteroatoms. The number of imidazole rings is 1. The maximum Gasteiger partial charge on any atom is 0.416 e. The number of benzene rings is 2. The number of halogens is 7. The lowest BCUT2D eigenvalue weighted by Gasteiger charge is -2.37. The van der Waals surface area contributed by atoms with Gasteiger partial charge in [-0.15, -0.1) is 0 Å². The molecule has 0 spiro atoms. The second-order valence-electron chi connectivity index (χ2n) is 8.48. The number of hydrogen-bond acceptors (Lipinski definition) is 5. The van der Waals surface area contributed by atoms with Crippen LogP contribution < -0.4 is 9.91 Å². The average molecular weight is 542 g/mol. The van der Waals surface area contributed by atoms with Gasteiger partial charge < -0.3 is 15.0 Å². The fourth-order valence-electron chi connectivity index (χ4n) is 4.35. The van der Waals surface area contributed by atoms with Crippen molar-refractivity contribution in [2.75, 3.05) is 36.1 Å². The van der Waals surface area contributed by atoms with Crippen LogP contribution in [0.2, 0.25) is 5.02 Å². The van der Waals surface area contributed by atoms with Crippen LogP contribution in [0, 0.1) is 17.5 Å². The number of pyridine rings is 1. The van der Waals surface area contributed by atoms with Crippen molar-refractivity contribution in [3.8, 4) is 11.1 Å². The summed E-state index contributed by atoms with van der Waals surface area (Å²) in [7, 11) is 0. The smallest absolute Gasteiger partial charge is 0.392 e. The summed E-state index contributed by atoms with van der Waals surface area (Å²) in [6, 6.07) is 4.56. The molecule has 2 aromatic carbocycles. The van der Waals surface area contributed by atoms with Gasteiger partial charge in [0, 0.05) is 24.8 Å². The summed E-state index contributed by atoms with van der Waals surface area (Å²) in [6.45, 7) is 1.46. The van der Waals surface area contributed by atoms with Crippen LogP contribution in [0.1, 0.15) is 11.1 Å². The highest BCUT2D eigenvalue weighted by atomic mass is 35.5. The zero-order chi connectivity index (χ0) is 26.5. The normalized spacial score (nSPS) is 14.6. The molecule has 2 aromatic heterocycles. The molecular formula is C24H18ClF6N5O. The van der Waals surface area contributed by atoms with Crippen LogP contribution in [-0.4, -0.2) is 45.9 Å². The zero-order valence-electron chi connectivity index (χ0n) is 18.9. The third-order valence-corrected chi connectivity index (χ3v) is 6.45. The highest BCUT2D eigenvalue weighted by Gasteiger charge is 2.33. The van der Waals surface area contributed by atoms with E-state index in [-0.39, 0.29) is 28.8 Å². The van der Waals surface area contributed by atoms with Gasteiger partial charge in [0.1, 0.15) is 12.1 Å². The molecule has 3 heterocycles. The van der Waals surface area contributed by atoms with Crippen LogP contribution in [0.4, 0.5) is 32.2 Å². The molecule has 0 radical (unpaired) electrons. The molecule has 0 unspecified atom stereocenters. The number of piperazine rings is 1. The Morgan fingerprint density at radius 1 is 0.919 bits per heavy atom. The molecule has 1 saturated heterocycles. The Bertz CT molecular complexity index is 1460. The Hall–Kier alpha value is -3.51. The van der Waals surface area contributed by atoms with E-state index in [1.54, 1.807) is 6.07 Å². The third kappa shape index (κ3) is 4.66. The summed E-state index contributed by atoms with van der Waals surface area (Å²) in [5.41, 5.74) is -0.740. The number of fused-ring (bicyclic) bond motifs is 1. The number of aliphatic hydroxyl groups is 1. The Balaban J connectivity index is 1.53. The van der Waals surface area contributed by atoms with Crippen LogP contribution in [-0.2, 0) is 12.8 Å². The molecule has 1 aliphatic heterocycles. The maximum atomic E-state index is 14.0. The maximum absolute atomic E-state index is 14.0. The standard InChI is InChI=1S/C24H18ClF6N5O/c25-17-5-13(11-37)10-32-23(17)34-1-3-35(4-2-34)36-12-33-20-9-15(24(29,30)31)8-16(22(20)36)14-6-18(26)21(28)19(27)7-14/h5-10,12,37H,1-4,11H2. The van der Waals surface area contributed by atoms with Crippen molar-refractivity contribution in [3.05, 3.63) is 76.5 Å². The van der Waals surface area contributed by atoms with E-state index in [1.807, 2.05) is 9.91 Å². The van der Waals surface area contributed by atoms with Crippen LogP contribution in [0.3, 0.4) is 0 Å². The largest absolute Gasteiger partial charge is 0.416 e. The minimum Gasteiger partial charge on any atom is -0.392 e. The van der Waals surface area contributed by atoms with Gasteiger partial charge in [-0.3, -0.25) is 0 Å². The summed E-state index contributed by atoms with van der Waals surface area (Å²) in [6.07, 6.45) is -1.89. The van der Waals surface area contributed by atoms with Crippen molar-refractivity contribution in [1.82, 2.24) is 14.6 Å². The predicted molar refractivity (Wildman–Crippen MR) is 125 cm³/mol. The van der Waals surface area contributed by atoms with Crippen molar-refractivity contribution in [3.63, 3.8) is 0 Å². The quantitative estimate of drug-likeness (QED) is 0.286. The van der Waals surface area contributed by atoms with Gasteiger partial charge in [0.2, 0.25) is 0 Å². The molecule has 0 saturated carbocycles. The third-order valence-electron chi connectivity index (χ3n) is 6.17. The van der Waals surface area contributed by atoms with E-state index >= 15 is 0 Å². The SMILES string of the molecule is OCc1cnc(N2CCN(n3cnc4cc(C(F)(F)F)cc(-c5cc(F)c(F)c(F)c5)c43)CC2)c(Cl)c1. The zero-order valence-corrected chi connectivity index (χ0v) is 19.7. The number of aliphatic hydroxyl groups excluding tert-OH is 1. The molecule has 1 N–H and O–H groups in total. The summed E-state index contributed by atoms with van der Waals surface area (Å²) in [5, 5.41) is 11.4. The fourth-order valence-corrected chi connectivity index (χ4v) is 4.66. The molecule has 0 atom stereocenters. The molecule has 0 bridgehead atoms. The Morgan fingerprint density at radius 2 is 1.59 bits per heavy atom. The molecular weight excluding hydrogens is 524 g/mol. The lowest BCUT2D eigenvalue weighted by atomic mass is 10.00. The average Bonchev–Trinajstić information content (AvgIpc) is 3.30. The lowest BCUT2D eigenvalue weighted by molar-refractivity contribution is -0.137. The van der Waals surface area contributed by atoms with Crippen LogP contribution in [0.15, 0.2) is 42.9 Å². The Morgan fingerprint density at radius 3 is 2.19 bits per heavy atom.